The second-order valence-electron chi connectivity index (χ2n) is 4.38. The fraction of sp³-hybridized carbons (Fsp3) is 0.0714. The SMILES string of the molecule is Cc1ccc(Nc2cc([N+](=O)[O-])ccc2C(=O)O)cc1Br. The van der Waals surface area contributed by atoms with Crippen molar-refractivity contribution in [1.29, 1.82) is 0 Å². The van der Waals surface area contributed by atoms with E-state index in [2.05, 4.69) is 21.2 Å². The molecule has 0 saturated carbocycles. The molecule has 0 amide bonds. The molecule has 0 spiro atoms. The molecule has 0 atom stereocenters. The summed E-state index contributed by atoms with van der Waals surface area (Å²) < 4.78 is 0.856. The summed E-state index contributed by atoms with van der Waals surface area (Å²) in [5, 5.41) is 22.9. The third kappa shape index (κ3) is 3.38. The van der Waals surface area contributed by atoms with Gasteiger partial charge in [0.1, 0.15) is 0 Å². The highest BCUT2D eigenvalue weighted by atomic mass is 79.9. The number of nitrogens with zero attached hydrogens (tertiary/aromatic N) is 1. The van der Waals surface area contributed by atoms with Gasteiger partial charge in [-0.1, -0.05) is 22.0 Å². The standard InChI is InChI=1S/C14H11BrN2O4/c1-8-2-3-9(6-12(8)15)16-13-7-10(17(20)21)4-5-11(13)14(18)19/h2-7,16H,1H3,(H,18,19). The minimum atomic E-state index is -1.15. The third-order valence-electron chi connectivity index (χ3n) is 2.90. The summed E-state index contributed by atoms with van der Waals surface area (Å²) in [5.74, 6) is -1.15. The number of carbonyl (C=O) groups is 1. The van der Waals surface area contributed by atoms with E-state index in [1.807, 2.05) is 13.0 Å². The minimum Gasteiger partial charge on any atom is -0.478 e. The molecule has 0 aliphatic rings. The van der Waals surface area contributed by atoms with Gasteiger partial charge in [0.15, 0.2) is 0 Å². The summed E-state index contributed by atoms with van der Waals surface area (Å²) in [6.45, 7) is 1.92. The zero-order valence-electron chi connectivity index (χ0n) is 11.0. The van der Waals surface area contributed by atoms with Crippen LogP contribution in [0.3, 0.4) is 0 Å². The summed E-state index contributed by atoms with van der Waals surface area (Å²) >= 11 is 3.38. The van der Waals surface area contributed by atoms with Crippen LogP contribution in [0.4, 0.5) is 17.1 Å². The molecular formula is C14H11BrN2O4. The maximum Gasteiger partial charge on any atom is 0.337 e. The number of aryl methyl sites for hydroxylation is 1. The van der Waals surface area contributed by atoms with Crippen LogP contribution >= 0.6 is 15.9 Å². The second kappa shape index (κ2) is 5.92. The van der Waals surface area contributed by atoms with Gasteiger partial charge in [-0.05, 0) is 30.7 Å². The molecule has 2 aromatic rings. The van der Waals surface area contributed by atoms with Crippen molar-refractivity contribution in [2.45, 2.75) is 6.92 Å². The van der Waals surface area contributed by atoms with Gasteiger partial charge in [-0.2, -0.15) is 0 Å². The Bertz CT molecular complexity index is 731. The largest absolute Gasteiger partial charge is 0.478 e. The molecule has 0 bridgehead atoms. The lowest BCUT2D eigenvalue weighted by molar-refractivity contribution is -0.384. The van der Waals surface area contributed by atoms with Crippen LogP contribution < -0.4 is 5.32 Å². The molecule has 0 aliphatic carbocycles. The van der Waals surface area contributed by atoms with Gasteiger partial charge in [-0.25, -0.2) is 4.79 Å². The maximum atomic E-state index is 11.2. The summed E-state index contributed by atoms with van der Waals surface area (Å²) in [6, 6.07) is 8.98. The Morgan fingerprint density at radius 2 is 2.00 bits per heavy atom. The lowest BCUT2D eigenvalue weighted by Crippen LogP contribution is -2.03. The molecule has 0 aromatic heterocycles. The van der Waals surface area contributed by atoms with Gasteiger partial charge in [0.05, 0.1) is 16.2 Å². The Morgan fingerprint density at radius 3 is 2.57 bits per heavy atom. The number of aromatic carboxylic acids is 1. The van der Waals surface area contributed by atoms with Crippen molar-refractivity contribution < 1.29 is 14.8 Å². The smallest absolute Gasteiger partial charge is 0.337 e. The number of nitro groups is 1. The first kappa shape index (κ1) is 15.0. The van der Waals surface area contributed by atoms with Crippen LogP contribution in [0.25, 0.3) is 0 Å². The van der Waals surface area contributed by atoms with Gasteiger partial charge in [0, 0.05) is 22.3 Å². The van der Waals surface area contributed by atoms with E-state index in [1.54, 1.807) is 12.1 Å². The molecule has 2 N–H and O–H groups in total. The van der Waals surface area contributed by atoms with Crippen LogP contribution in [0.2, 0.25) is 0 Å². The highest BCUT2D eigenvalue weighted by molar-refractivity contribution is 9.10. The van der Waals surface area contributed by atoms with E-state index in [9.17, 15) is 14.9 Å². The van der Waals surface area contributed by atoms with Crippen molar-refractivity contribution in [2.75, 3.05) is 5.32 Å². The summed E-state index contributed by atoms with van der Waals surface area (Å²) in [4.78, 5) is 21.4. The summed E-state index contributed by atoms with van der Waals surface area (Å²) in [5.41, 5.74) is 1.63. The number of non-ortho nitro benzene ring substituents is 1. The van der Waals surface area contributed by atoms with Crippen molar-refractivity contribution in [3.8, 4) is 0 Å². The number of carboxylic acids is 1. The predicted octanol–water partition coefficient (Wildman–Crippen LogP) is 4.11. The molecule has 0 heterocycles. The van der Waals surface area contributed by atoms with Crippen LogP contribution in [0, 0.1) is 17.0 Å². The Balaban J connectivity index is 2.45. The molecule has 0 saturated heterocycles. The highest BCUT2D eigenvalue weighted by Crippen LogP contribution is 2.28. The van der Waals surface area contributed by atoms with E-state index in [-0.39, 0.29) is 16.9 Å². The molecule has 21 heavy (non-hydrogen) atoms. The van der Waals surface area contributed by atoms with E-state index in [4.69, 9.17) is 5.11 Å². The number of rotatable bonds is 4. The number of nitro benzene ring substituents is 1. The van der Waals surface area contributed by atoms with Crippen molar-refractivity contribution in [2.24, 2.45) is 0 Å². The predicted molar refractivity (Wildman–Crippen MR) is 82.2 cm³/mol. The summed E-state index contributed by atoms with van der Waals surface area (Å²) in [6.07, 6.45) is 0. The van der Waals surface area contributed by atoms with Gasteiger partial charge in [0.25, 0.3) is 5.69 Å². The van der Waals surface area contributed by atoms with Gasteiger partial charge in [-0.3, -0.25) is 10.1 Å². The quantitative estimate of drug-likeness (QED) is 0.639. The Morgan fingerprint density at radius 1 is 1.29 bits per heavy atom. The van der Waals surface area contributed by atoms with Gasteiger partial charge in [-0.15, -0.1) is 0 Å². The van der Waals surface area contributed by atoms with Gasteiger partial charge in [0.2, 0.25) is 0 Å². The average molecular weight is 351 g/mol. The van der Waals surface area contributed by atoms with Crippen LogP contribution in [0.1, 0.15) is 15.9 Å². The Hall–Kier alpha value is -2.41. The van der Waals surface area contributed by atoms with Crippen molar-refractivity contribution in [3.63, 3.8) is 0 Å². The van der Waals surface area contributed by atoms with Crippen LogP contribution in [-0.2, 0) is 0 Å². The van der Waals surface area contributed by atoms with E-state index < -0.39 is 10.9 Å². The van der Waals surface area contributed by atoms with Crippen molar-refractivity contribution >= 4 is 39.0 Å². The zero-order chi connectivity index (χ0) is 15.6. The zero-order valence-corrected chi connectivity index (χ0v) is 12.5. The molecule has 0 aliphatic heterocycles. The first-order valence-corrected chi connectivity index (χ1v) is 6.72. The Labute approximate surface area is 128 Å². The van der Waals surface area contributed by atoms with Gasteiger partial charge >= 0.3 is 5.97 Å². The van der Waals surface area contributed by atoms with Crippen LogP contribution in [-0.4, -0.2) is 16.0 Å². The van der Waals surface area contributed by atoms with E-state index in [1.165, 1.54) is 18.2 Å². The maximum absolute atomic E-state index is 11.2. The molecule has 0 radical (unpaired) electrons. The molecular weight excluding hydrogens is 340 g/mol. The van der Waals surface area contributed by atoms with E-state index >= 15 is 0 Å². The fourth-order valence-corrected chi connectivity index (χ4v) is 2.14. The van der Waals surface area contributed by atoms with E-state index in [0.29, 0.717) is 5.69 Å². The number of hydrogen-bond acceptors (Lipinski definition) is 4. The Kier molecular flexibility index (Phi) is 4.23. The summed E-state index contributed by atoms with van der Waals surface area (Å²) in [7, 11) is 0. The fourth-order valence-electron chi connectivity index (χ4n) is 1.76. The van der Waals surface area contributed by atoms with Crippen LogP contribution in [0.5, 0.6) is 0 Å². The highest BCUT2D eigenvalue weighted by Gasteiger charge is 2.15. The first-order valence-electron chi connectivity index (χ1n) is 5.93. The van der Waals surface area contributed by atoms with Crippen molar-refractivity contribution in [1.82, 2.24) is 0 Å². The number of carboxylic acid groups (broad SMARTS) is 1. The molecule has 0 fully saturated rings. The van der Waals surface area contributed by atoms with Gasteiger partial charge < -0.3 is 10.4 Å². The molecule has 7 heteroatoms. The molecule has 108 valence electrons. The van der Waals surface area contributed by atoms with Crippen molar-refractivity contribution in [3.05, 3.63) is 62.1 Å². The lowest BCUT2D eigenvalue weighted by Gasteiger charge is -2.10. The third-order valence-corrected chi connectivity index (χ3v) is 3.75. The van der Waals surface area contributed by atoms with Crippen LogP contribution in [0.15, 0.2) is 40.9 Å². The molecule has 2 rings (SSSR count). The normalized spacial score (nSPS) is 10.2. The number of halogens is 1. The molecule has 0 unspecified atom stereocenters. The number of anilines is 2. The topological polar surface area (TPSA) is 92.5 Å². The molecule has 2 aromatic carbocycles. The number of hydrogen-bond donors (Lipinski definition) is 2. The number of benzene rings is 2. The minimum absolute atomic E-state index is 0.0303. The van der Waals surface area contributed by atoms with E-state index in [0.717, 1.165) is 10.0 Å². The first-order chi connectivity index (χ1) is 9.88. The average Bonchev–Trinajstić information content (AvgIpc) is 2.42. The monoisotopic (exact) mass is 350 g/mol. The molecule has 6 nitrogen and oxygen atoms in total. The second-order valence-corrected chi connectivity index (χ2v) is 5.24. The lowest BCUT2D eigenvalue weighted by atomic mass is 10.1. The number of nitrogens with one attached hydrogen (secondary N) is 1.